The van der Waals surface area contributed by atoms with Gasteiger partial charge in [-0.2, -0.15) is 0 Å². The molecule has 3 N–H and O–H groups in total. The van der Waals surface area contributed by atoms with Crippen LogP contribution in [0.2, 0.25) is 0 Å². The van der Waals surface area contributed by atoms with Crippen LogP contribution in [0.25, 0.3) is 0 Å². The Morgan fingerprint density at radius 1 is 1.10 bits per heavy atom. The minimum atomic E-state index is -0.815. The van der Waals surface area contributed by atoms with Gasteiger partial charge in [0.1, 0.15) is 5.75 Å². The van der Waals surface area contributed by atoms with Gasteiger partial charge in [-0.1, -0.05) is 12.2 Å². The Morgan fingerprint density at radius 2 is 1.57 bits per heavy atom. The van der Waals surface area contributed by atoms with E-state index < -0.39 is 5.54 Å². The van der Waals surface area contributed by atoms with E-state index in [1.165, 1.54) is 21.3 Å². The lowest BCUT2D eigenvalue weighted by Gasteiger charge is -2.25. The zero-order chi connectivity index (χ0) is 16.2. The van der Waals surface area contributed by atoms with Crippen molar-refractivity contribution in [2.45, 2.75) is 19.4 Å². The van der Waals surface area contributed by atoms with Gasteiger partial charge in [0, 0.05) is 12.1 Å². The van der Waals surface area contributed by atoms with Gasteiger partial charge >= 0.3 is 0 Å². The number of nitrogens with two attached hydrogens (primary N) is 1. The Hall–Kier alpha value is -2.02. The van der Waals surface area contributed by atoms with Crippen LogP contribution < -0.4 is 25.3 Å². The number of nitrogens with one attached hydrogen (secondary N) is 1. The van der Waals surface area contributed by atoms with Crippen molar-refractivity contribution >= 4 is 23.1 Å². The first-order chi connectivity index (χ1) is 9.76. The smallest absolute Gasteiger partial charge is 0.255 e. The summed E-state index contributed by atoms with van der Waals surface area (Å²) in [6, 6.07) is 3.13. The van der Waals surface area contributed by atoms with Gasteiger partial charge in [-0.3, -0.25) is 4.79 Å². The lowest BCUT2D eigenvalue weighted by Crippen LogP contribution is -2.52. The molecule has 0 saturated carbocycles. The zero-order valence-electron chi connectivity index (χ0n) is 12.8. The van der Waals surface area contributed by atoms with Crippen LogP contribution in [0.4, 0.5) is 0 Å². The third kappa shape index (κ3) is 3.75. The highest BCUT2D eigenvalue weighted by molar-refractivity contribution is 7.80. The molecule has 0 aliphatic carbocycles. The second kappa shape index (κ2) is 6.62. The molecule has 1 aromatic carbocycles. The number of benzene rings is 1. The van der Waals surface area contributed by atoms with Gasteiger partial charge in [0.05, 0.1) is 37.4 Å². The predicted molar refractivity (Wildman–Crippen MR) is 84.4 cm³/mol. The topological polar surface area (TPSA) is 82.8 Å². The zero-order valence-corrected chi connectivity index (χ0v) is 13.6. The number of hydrogen-bond acceptors (Lipinski definition) is 5. The molecule has 0 bridgehead atoms. The van der Waals surface area contributed by atoms with Crippen LogP contribution in [0.3, 0.4) is 0 Å². The van der Waals surface area contributed by atoms with Crippen LogP contribution in [0.5, 0.6) is 17.2 Å². The molecule has 6 nitrogen and oxygen atoms in total. The summed E-state index contributed by atoms with van der Waals surface area (Å²) in [5.41, 5.74) is 5.10. The lowest BCUT2D eigenvalue weighted by molar-refractivity contribution is 0.0928. The quantitative estimate of drug-likeness (QED) is 0.775. The molecule has 0 radical (unpaired) electrons. The van der Waals surface area contributed by atoms with E-state index in [0.29, 0.717) is 22.8 Å². The molecule has 0 spiro atoms. The molecule has 0 aromatic heterocycles. The standard InChI is InChI=1S/C14H20N2O4S/c1-14(2,13(15)21)16-12(17)8-6-10(19-4)11(20-5)7-9(8)18-3/h6-7H,1-5H3,(H2,15,21)(H,16,17). The molecule has 7 heteroatoms. The number of hydrogen-bond donors (Lipinski definition) is 2. The minimum Gasteiger partial charge on any atom is -0.496 e. The third-order valence-electron chi connectivity index (χ3n) is 2.99. The monoisotopic (exact) mass is 312 g/mol. The summed E-state index contributed by atoms with van der Waals surface area (Å²) < 4.78 is 15.6. The largest absolute Gasteiger partial charge is 0.496 e. The Labute approximate surface area is 129 Å². The number of carbonyl (C=O) groups excluding carboxylic acids is 1. The van der Waals surface area contributed by atoms with Crippen LogP contribution in [-0.4, -0.2) is 37.8 Å². The van der Waals surface area contributed by atoms with Gasteiger partial charge in [0.15, 0.2) is 11.5 Å². The van der Waals surface area contributed by atoms with Gasteiger partial charge in [0.25, 0.3) is 5.91 Å². The Morgan fingerprint density at radius 3 is 2.00 bits per heavy atom. The van der Waals surface area contributed by atoms with Crippen molar-refractivity contribution in [2.75, 3.05) is 21.3 Å². The summed E-state index contributed by atoms with van der Waals surface area (Å²) in [6.45, 7) is 3.45. The van der Waals surface area contributed by atoms with Crippen LogP contribution in [0.15, 0.2) is 12.1 Å². The second-order valence-corrected chi connectivity index (χ2v) is 5.29. The van der Waals surface area contributed by atoms with Crippen molar-refractivity contribution in [3.63, 3.8) is 0 Å². The van der Waals surface area contributed by atoms with Crippen LogP contribution in [0, 0.1) is 0 Å². The number of ether oxygens (including phenoxy) is 3. The maximum atomic E-state index is 12.4. The van der Waals surface area contributed by atoms with E-state index in [2.05, 4.69) is 5.32 Å². The van der Waals surface area contributed by atoms with Crippen molar-refractivity contribution in [3.05, 3.63) is 17.7 Å². The molecule has 0 atom stereocenters. The Bertz CT molecular complexity index is 558. The molecular formula is C14H20N2O4S. The molecule has 0 heterocycles. The van der Waals surface area contributed by atoms with Gasteiger partial charge in [-0.25, -0.2) is 0 Å². The summed E-state index contributed by atoms with van der Waals surface area (Å²) >= 11 is 4.94. The molecule has 1 amide bonds. The molecule has 1 rings (SSSR count). The fourth-order valence-corrected chi connectivity index (χ4v) is 1.67. The molecule has 0 unspecified atom stereocenters. The highest BCUT2D eigenvalue weighted by Crippen LogP contribution is 2.34. The van der Waals surface area contributed by atoms with Gasteiger partial charge in [-0.05, 0) is 13.8 Å². The number of rotatable bonds is 6. The normalized spacial score (nSPS) is 10.7. The second-order valence-electron chi connectivity index (χ2n) is 4.85. The molecule has 116 valence electrons. The third-order valence-corrected chi connectivity index (χ3v) is 3.50. The first-order valence-corrected chi connectivity index (χ1v) is 6.60. The number of carbonyl (C=O) groups is 1. The number of thiocarbonyl (C=S) groups is 1. The maximum Gasteiger partial charge on any atom is 0.255 e. The van der Waals surface area contributed by atoms with E-state index >= 15 is 0 Å². The van der Waals surface area contributed by atoms with Crippen molar-refractivity contribution in [2.24, 2.45) is 5.73 Å². The predicted octanol–water partition coefficient (Wildman–Crippen LogP) is 1.51. The molecule has 21 heavy (non-hydrogen) atoms. The van der Waals surface area contributed by atoms with Crippen molar-refractivity contribution < 1.29 is 19.0 Å². The Kier molecular flexibility index (Phi) is 5.37. The van der Waals surface area contributed by atoms with Gasteiger partial charge in [-0.15, -0.1) is 0 Å². The highest BCUT2D eigenvalue weighted by Gasteiger charge is 2.26. The lowest BCUT2D eigenvalue weighted by atomic mass is 10.0. The van der Waals surface area contributed by atoms with E-state index in [9.17, 15) is 4.79 Å². The SMILES string of the molecule is COc1cc(OC)c(C(=O)NC(C)(C)C(N)=S)cc1OC. The van der Waals surface area contributed by atoms with Crippen molar-refractivity contribution in [3.8, 4) is 17.2 Å². The Balaban J connectivity index is 3.22. The van der Waals surface area contributed by atoms with Crippen LogP contribution in [-0.2, 0) is 0 Å². The first-order valence-electron chi connectivity index (χ1n) is 6.19. The molecule has 0 aliphatic heterocycles. The van der Waals surface area contributed by atoms with E-state index in [0.717, 1.165) is 0 Å². The van der Waals surface area contributed by atoms with Gasteiger partial charge in [0.2, 0.25) is 0 Å². The van der Waals surface area contributed by atoms with Crippen LogP contribution >= 0.6 is 12.2 Å². The molecule has 0 saturated heterocycles. The summed E-state index contributed by atoms with van der Waals surface area (Å²) in [6.07, 6.45) is 0. The van der Waals surface area contributed by atoms with Gasteiger partial charge < -0.3 is 25.3 Å². The van der Waals surface area contributed by atoms with E-state index in [1.807, 2.05) is 0 Å². The summed E-state index contributed by atoms with van der Waals surface area (Å²) in [7, 11) is 4.47. The fourth-order valence-electron chi connectivity index (χ4n) is 1.62. The summed E-state index contributed by atoms with van der Waals surface area (Å²) in [5, 5.41) is 2.75. The van der Waals surface area contributed by atoms with Crippen molar-refractivity contribution in [1.82, 2.24) is 5.32 Å². The van der Waals surface area contributed by atoms with E-state index in [4.69, 9.17) is 32.2 Å². The number of methoxy groups -OCH3 is 3. The van der Waals surface area contributed by atoms with Crippen molar-refractivity contribution in [1.29, 1.82) is 0 Å². The summed E-state index contributed by atoms with van der Waals surface area (Å²) in [4.78, 5) is 12.6. The average molecular weight is 312 g/mol. The molecule has 0 aliphatic rings. The first kappa shape index (κ1) is 17.0. The van der Waals surface area contributed by atoms with Crippen LogP contribution in [0.1, 0.15) is 24.2 Å². The maximum absolute atomic E-state index is 12.4. The van der Waals surface area contributed by atoms with E-state index in [-0.39, 0.29) is 10.9 Å². The summed E-state index contributed by atoms with van der Waals surface area (Å²) in [5.74, 6) is 0.894. The fraction of sp³-hybridized carbons (Fsp3) is 0.429. The molecular weight excluding hydrogens is 292 g/mol. The highest BCUT2D eigenvalue weighted by atomic mass is 32.1. The number of amides is 1. The minimum absolute atomic E-state index is 0.190. The molecule has 0 fully saturated rings. The molecule has 1 aromatic rings. The average Bonchev–Trinajstić information content (AvgIpc) is 2.44. The van der Waals surface area contributed by atoms with E-state index in [1.54, 1.807) is 26.0 Å².